The van der Waals surface area contributed by atoms with Crippen molar-refractivity contribution in [2.24, 2.45) is 0 Å². The molecule has 26 heavy (non-hydrogen) atoms. The summed E-state index contributed by atoms with van der Waals surface area (Å²) in [6.45, 7) is 3.25. The number of ether oxygens (including phenoxy) is 2. The summed E-state index contributed by atoms with van der Waals surface area (Å²) in [7, 11) is 3.29. The topological polar surface area (TPSA) is 66.9 Å². The van der Waals surface area contributed by atoms with Gasteiger partial charge in [-0.15, -0.1) is 0 Å². The largest absolute Gasteiger partial charge is 0.497 e. The fraction of sp³-hybridized carbons (Fsp3) is 0.368. The van der Waals surface area contributed by atoms with Gasteiger partial charge in [0.2, 0.25) is 0 Å². The lowest BCUT2D eigenvalue weighted by Crippen LogP contribution is -2.51. The molecule has 2 amide bonds. The minimum absolute atomic E-state index is 0.0583. The van der Waals surface area contributed by atoms with E-state index < -0.39 is 0 Å². The van der Waals surface area contributed by atoms with Crippen molar-refractivity contribution in [3.8, 4) is 11.5 Å². The summed E-state index contributed by atoms with van der Waals surface area (Å²) < 4.78 is 10.7. The van der Waals surface area contributed by atoms with Gasteiger partial charge in [-0.2, -0.15) is 0 Å². The molecule has 0 spiro atoms. The zero-order valence-electron chi connectivity index (χ0n) is 15.1. The van der Waals surface area contributed by atoms with Crippen LogP contribution in [0.5, 0.6) is 11.5 Å². The van der Waals surface area contributed by atoms with E-state index in [1.807, 2.05) is 41.3 Å². The monoisotopic (exact) mass is 356 g/mol. The third kappa shape index (κ3) is 4.17. The Bertz CT molecular complexity index is 731. The van der Waals surface area contributed by atoms with E-state index in [1.54, 1.807) is 20.4 Å². The van der Waals surface area contributed by atoms with Crippen LogP contribution in [0.25, 0.3) is 0 Å². The number of urea groups is 1. The molecule has 2 aromatic rings. The minimum atomic E-state index is -0.0583. The molecule has 0 aliphatic carbocycles. The average Bonchev–Trinajstić information content (AvgIpc) is 2.72. The highest BCUT2D eigenvalue weighted by molar-refractivity contribution is 5.74. The van der Waals surface area contributed by atoms with Crippen molar-refractivity contribution in [3.63, 3.8) is 0 Å². The number of methoxy groups -OCH3 is 2. The standard InChI is InChI=1S/C19H24N4O3/c1-25-16-6-7-17(18(13-16)26-2)22-9-11-23(12-10-22)19(24)21-14-15-5-3-4-8-20-15/h3-8,13H,9-12,14H2,1-2H3,(H,21,24). The van der Waals surface area contributed by atoms with Gasteiger partial charge in [-0.1, -0.05) is 6.07 Å². The molecule has 0 unspecified atom stereocenters. The molecule has 7 heteroatoms. The van der Waals surface area contributed by atoms with Crippen molar-refractivity contribution in [3.05, 3.63) is 48.3 Å². The number of nitrogens with one attached hydrogen (secondary N) is 1. The number of pyridine rings is 1. The van der Waals surface area contributed by atoms with Gasteiger partial charge in [-0.3, -0.25) is 4.98 Å². The second-order valence-electron chi connectivity index (χ2n) is 5.99. The Hall–Kier alpha value is -2.96. The molecule has 1 aliphatic rings. The van der Waals surface area contributed by atoms with Crippen LogP contribution in [0, 0.1) is 0 Å². The van der Waals surface area contributed by atoms with E-state index in [-0.39, 0.29) is 6.03 Å². The summed E-state index contributed by atoms with van der Waals surface area (Å²) in [6, 6.07) is 11.4. The number of hydrogen-bond donors (Lipinski definition) is 1. The maximum absolute atomic E-state index is 12.3. The van der Waals surface area contributed by atoms with E-state index in [0.29, 0.717) is 19.6 Å². The zero-order chi connectivity index (χ0) is 18.4. The Morgan fingerprint density at radius 2 is 1.92 bits per heavy atom. The van der Waals surface area contributed by atoms with Crippen molar-refractivity contribution in [1.82, 2.24) is 15.2 Å². The summed E-state index contributed by atoms with van der Waals surface area (Å²) >= 11 is 0. The first kappa shape index (κ1) is 17.8. The van der Waals surface area contributed by atoms with Gasteiger partial charge in [-0.05, 0) is 24.3 Å². The molecule has 0 bridgehead atoms. The highest BCUT2D eigenvalue weighted by atomic mass is 16.5. The van der Waals surface area contributed by atoms with E-state index in [1.165, 1.54) is 0 Å². The van der Waals surface area contributed by atoms with E-state index in [9.17, 15) is 4.79 Å². The lowest BCUT2D eigenvalue weighted by atomic mass is 10.2. The van der Waals surface area contributed by atoms with E-state index in [4.69, 9.17) is 9.47 Å². The number of amides is 2. The Labute approximate surface area is 153 Å². The quantitative estimate of drug-likeness (QED) is 0.889. The molecule has 2 heterocycles. The fourth-order valence-corrected chi connectivity index (χ4v) is 2.98. The van der Waals surface area contributed by atoms with E-state index in [0.717, 1.165) is 36.0 Å². The van der Waals surface area contributed by atoms with Crippen LogP contribution >= 0.6 is 0 Å². The number of benzene rings is 1. The van der Waals surface area contributed by atoms with Crippen LogP contribution < -0.4 is 19.7 Å². The highest BCUT2D eigenvalue weighted by Crippen LogP contribution is 2.32. The van der Waals surface area contributed by atoms with Gasteiger partial charge < -0.3 is 24.6 Å². The molecule has 1 aliphatic heterocycles. The molecule has 138 valence electrons. The van der Waals surface area contributed by atoms with Crippen LogP contribution in [-0.2, 0) is 6.54 Å². The zero-order valence-corrected chi connectivity index (χ0v) is 15.1. The fourth-order valence-electron chi connectivity index (χ4n) is 2.98. The van der Waals surface area contributed by atoms with Crippen molar-refractivity contribution in [1.29, 1.82) is 0 Å². The first-order valence-electron chi connectivity index (χ1n) is 8.61. The molecule has 1 aromatic carbocycles. The Morgan fingerprint density at radius 1 is 1.12 bits per heavy atom. The van der Waals surface area contributed by atoms with Crippen molar-refractivity contribution in [2.75, 3.05) is 45.3 Å². The Kier molecular flexibility index (Phi) is 5.78. The maximum atomic E-state index is 12.3. The third-order valence-corrected chi connectivity index (χ3v) is 4.44. The first-order valence-corrected chi connectivity index (χ1v) is 8.61. The van der Waals surface area contributed by atoms with Gasteiger partial charge in [0.05, 0.1) is 32.1 Å². The Morgan fingerprint density at radius 3 is 2.58 bits per heavy atom. The van der Waals surface area contributed by atoms with Crippen LogP contribution in [0.1, 0.15) is 5.69 Å². The van der Waals surface area contributed by atoms with Crippen LogP contribution in [0.2, 0.25) is 0 Å². The van der Waals surface area contributed by atoms with Crippen LogP contribution in [0.4, 0.5) is 10.5 Å². The molecule has 0 atom stereocenters. The summed E-state index contributed by atoms with van der Waals surface area (Å²) in [5, 5.41) is 2.93. The van der Waals surface area contributed by atoms with Gasteiger partial charge in [0.15, 0.2) is 0 Å². The van der Waals surface area contributed by atoms with E-state index >= 15 is 0 Å². The van der Waals surface area contributed by atoms with Gasteiger partial charge in [0.1, 0.15) is 11.5 Å². The normalized spacial score (nSPS) is 14.1. The third-order valence-electron chi connectivity index (χ3n) is 4.44. The number of carbonyl (C=O) groups excluding carboxylic acids is 1. The number of piperazine rings is 1. The molecule has 1 fully saturated rings. The lowest BCUT2D eigenvalue weighted by Gasteiger charge is -2.36. The maximum Gasteiger partial charge on any atom is 0.317 e. The van der Waals surface area contributed by atoms with Crippen molar-refractivity contribution >= 4 is 11.7 Å². The summed E-state index contributed by atoms with van der Waals surface area (Å²) in [6.07, 6.45) is 1.72. The minimum Gasteiger partial charge on any atom is -0.497 e. The second kappa shape index (κ2) is 8.42. The molecule has 0 saturated carbocycles. The van der Waals surface area contributed by atoms with Gasteiger partial charge in [0.25, 0.3) is 0 Å². The number of carbonyl (C=O) groups is 1. The number of rotatable bonds is 5. The molecule has 1 N–H and O–H groups in total. The smallest absolute Gasteiger partial charge is 0.317 e. The predicted octanol–water partition coefficient (Wildman–Crippen LogP) is 2.13. The highest BCUT2D eigenvalue weighted by Gasteiger charge is 2.23. The molecule has 1 aromatic heterocycles. The Balaban J connectivity index is 1.55. The number of nitrogens with zero attached hydrogens (tertiary/aromatic N) is 3. The second-order valence-corrected chi connectivity index (χ2v) is 5.99. The summed E-state index contributed by atoms with van der Waals surface area (Å²) in [5.41, 5.74) is 1.87. The predicted molar refractivity (Wildman–Crippen MR) is 99.8 cm³/mol. The lowest BCUT2D eigenvalue weighted by molar-refractivity contribution is 0.193. The van der Waals surface area contributed by atoms with Crippen LogP contribution in [0.3, 0.4) is 0 Å². The molecule has 1 saturated heterocycles. The van der Waals surface area contributed by atoms with Crippen LogP contribution in [-0.4, -0.2) is 56.3 Å². The molecule has 7 nitrogen and oxygen atoms in total. The summed E-state index contributed by atoms with van der Waals surface area (Å²) in [5.74, 6) is 1.54. The van der Waals surface area contributed by atoms with Gasteiger partial charge in [-0.25, -0.2) is 4.79 Å². The van der Waals surface area contributed by atoms with Crippen molar-refractivity contribution < 1.29 is 14.3 Å². The number of hydrogen-bond acceptors (Lipinski definition) is 5. The SMILES string of the molecule is COc1ccc(N2CCN(C(=O)NCc3ccccn3)CC2)c(OC)c1. The van der Waals surface area contributed by atoms with Crippen LogP contribution in [0.15, 0.2) is 42.6 Å². The van der Waals surface area contributed by atoms with E-state index in [2.05, 4.69) is 15.2 Å². The van der Waals surface area contributed by atoms with Gasteiger partial charge in [0, 0.05) is 38.4 Å². The first-order chi connectivity index (χ1) is 12.7. The van der Waals surface area contributed by atoms with Crippen molar-refractivity contribution in [2.45, 2.75) is 6.54 Å². The molecular formula is C19H24N4O3. The molecule has 0 radical (unpaired) electrons. The number of anilines is 1. The molecule has 3 rings (SSSR count). The van der Waals surface area contributed by atoms with Gasteiger partial charge >= 0.3 is 6.03 Å². The average molecular weight is 356 g/mol. The number of aromatic nitrogens is 1. The molecular weight excluding hydrogens is 332 g/mol. The summed E-state index contributed by atoms with van der Waals surface area (Å²) in [4.78, 5) is 20.6.